The average Bonchev–Trinajstić information content (AvgIpc) is 3.05. The Bertz CT molecular complexity index is 1620. The van der Waals surface area contributed by atoms with Gasteiger partial charge in [-0.1, -0.05) is 36.4 Å². The normalized spacial score (nSPS) is 10.8. The molecule has 0 radical (unpaired) electrons. The molecule has 0 aliphatic rings. The van der Waals surface area contributed by atoms with Crippen LogP contribution >= 0.6 is 11.8 Å². The maximum Gasteiger partial charge on any atom is 0.272 e. The number of rotatable bonds is 13. The Balaban J connectivity index is 1.45. The van der Waals surface area contributed by atoms with Gasteiger partial charge in [-0.2, -0.15) is 0 Å². The second kappa shape index (κ2) is 15.9. The number of hydrogen-bond acceptors (Lipinski definition) is 7. The van der Waals surface area contributed by atoms with E-state index >= 15 is 0 Å². The summed E-state index contributed by atoms with van der Waals surface area (Å²) < 4.78 is 16.1. The van der Waals surface area contributed by atoms with Crippen LogP contribution < -0.4 is 30.2 Å². The van der Waals surface area contributed by atoms with E-state index in [-0.39, 0.29) is 17.4 Å². The van der Waals surface area contributed by atoms with Gasteiger partial charge >= 0.3 is 0 Å². The van der Waals surface area contributed by atoms with Gasteiger partial charge in [-0.25, -0.2) is 0 Å². The summed E-state index contributed by atoms with van der Waals surface area (Å²) >= 11 is 1.31. The molecule has 0 saturated carbocycles. The van der Waals surface area contributed by atoms with Crippen molar-refractivity contribution in [3.05, 3.63) is 114 Å². The summed E-state index contributed by atoms with van der Waals surface area (Å²) in [5.74, 6) is 0.789. The van der Waals surface area contributed by atoms with Crippen LogP contribution in [-0.4, -0.2) is 44.3 Å². The molecule has 226 valence electrons. The van der Waals surface area contributed by atoms with Crippen LogP contribution in [0.5, 0.6) is 17.2 Å². The molecule has 0 aliphatic heterocycles. The maximum absolute atomic E-state index is 13.4. The van der Waals surface area contributed by atoms with E-state index in [2.05, 4.69) is 16.0 Å². The maximum atomic E-state index is 13.4. The van der Waals surface area contributed by atoms with Gasteiger partial charge in [-0.05, 0) is 73.2 Å². The third-order valence-electron chi connectivity index (χ3n) is 6.18. The molecule has 0 spiro atoms. The van der Waals surface area contributed by atoms with Gasteiger partial charge in [0, 0.05) is 22.2 Å². The summed E-state index contributed by atoms with van der Waals surface area (Å²) in [6, 6.07) is 28.1. The van der Waals surface area contributed by atoms with E-state index in [1.54, 1.807) is 98.1 Å². The molecule has 0 atom stereocenters. The summed E-state index contributed by atoms with van der Waals surface area (Å²) in [7, 11) is 3.07. The van der Waals surface area contributed by atoms with Gasteiger partial charge < -0.3 is 30.2 Å². The van der Waals surface area contributed by atoms with Crippen molar-refractivity contribution in [3.63, 3.8) is 0 Å². The second-order valence-electron chi connectivity index (χ2n) is 9.27. The molecule has 4 rings (SSSR count). The van der Waals surface area contributed by atoms with Crippen LogP contribution in [0, 0.1) is 0 Å². The van der Waals surface area contributed by atoms with Crippen LogP contribution in [0.1, 0.15) is 22.8 Å². The summed E-state index contributed by atoms with van der Waals surface area (Å²) in [5, 5.41) is 8.44. The predicted octanol–water partition coefficient (Wildman–Crippen LogP) is 6.24. The molecule has 10 heteroatoms. The first kappa shape index (κ1) is 31.7. The first-order valence-electron chi connectivity index (χ1n) is 13.8. The Hall–Kier alpha value is -5.22. The molecule has 0 aliphatic carbocycles. The lowest BCUT2D eigenvalue weighted by atomic mass is 10.1. The predicted molar refractivity (Wildman–Crippen MR) is 173 cm³/mol. The highest BCUT2D eigenvalue weighted by Crippen LogP contribution is 2.30. The number of benzene rings is 4. The van der Waals surface area contributed by atoms with Crippen molar-refractivity contribution in [2.24, 2.45) is 0 Å². The van der Waals surface area contributed by atoms with Gasteiger partial charge in [0.15, 0.2) is 0 Å². The van der Waals surface area contributed by atoms with Crippen LogP contribution in [-0.2, 0) is 9.59 Å². The number of thioether (sulfide) groups is 1. The molecule has 44 heavy (non-hydrogen) atoms. The van der Waals surface area contributed by atoms with E-state index in [4.69, 9.17) is 14.2 Å². The third-order valence-corrected chi connectivity index (χ3v) is 7.17. The van der Waals surface area contributed by atoms with E-state index in [0.717, 1.165) is 4.90 Å². The highest BCUT2D eigenvalue weighted by atomic mass is 32.2. The SMILES string of the molecule is CCOc1ccc(/C=C(/NC(=O)c2ccccc2)C(=O)Nc2cccc(SCC(=O)Nc3ccc(OC)cc3OC)c2)cc1. The molecule has 0 fully saturated rings. The van der Waals surface area contributed by atoms with E-state index in [0.29, 0.717) is 46.4 Å². The lowest BCUT2D eigenvalue weighted by Gasteiger charge is -2.13. The van der Waals surface area contributed by atoms with E-state index in [1.165, 1.54) is 18.9 Å². The van der Waals surface area contributed by atoms with Gasteiger partial charge in [0.25, 0.3) is 11.8 Å². The van der Waals surface area contributed by atoms with Gasteiger partial charge in [0.05, 0.1) is 32.3 Å². The standard InChI is InChI=1S/C34H33N3O6S/c1-4-43-26-15-13-23(14-16-26)19-30(37-33(39)24-9-6-5-7-10-24)34(40)35-25-11-8-12-28(20-25)44-22-32(38)36-29-18-17-27(41-2)21-31(29)42-3/h5-21H,4,22H2,1-3H3,(H,35,40)(H,36,38)(H,37,39)/b30-19+. The smallest absolute Gasteiger partial charge is 0.272 e. The largest absolute Gasteiger partial charge is 0.497 e. The van der Waals surface area contributed by atoms with Crippen molar-refractivity contribution in [1.82, 2.24) is 5.32 Å². The summed E-state index contributed by atoms with van der Waals surface area (Å²) in [5.41, 5.74) is 2.22. The van der Waals surface area contributed by atoms with Crippen LogP contribution in [0.25, 0.3) is 6.08 Å². The summed E-state index contributed by atoms with van der Waals surface area (Å²) in [4.78, 5) is 39.8. The number of hydrogen-bond donors (Lipinski definition) is 3. The lowest BCUT2D eigenvalue weighted by Crippen LogP contribution is -2.30. The Morgan fingerprint density at radius 1 is 0.795 bits per heavy atom. The fourth-order valence-corrected chi connectivity index (χ4v) is 4.79. The van der Waals surface area contributed by atoms with Gasteiger partial charge in [0.1, 0.15) is 22.9 Å². The number of methoxy groups -OCH3 is 2. The molecular weight excluding hydrogens is 578 g/mol. The molecule has 4 aromatic carbocycles. The monoisotopic (exact) mass is 611 g/mol. The number of ether oxygens (including phenoxy) is 3. The Labute approximate surface area is 260 Å². The van der Waals surface area contributed by atoms with E-state index < -0.39 is 11.8 Å². The molecule has 4 aromatic rings. The zero-order valence-electron chi connectivity index (χ0n) is 24.6. The molecule has 3 N–H and O–H groups in total. The minimum absolute atomic E-state index is 0.0638. The average molecular weight is 612 g/mol. The summed E-state index contributed by atoms with van der Waals surface area (Å²) in [6.45, 7) is 2.44. The topological polar surface area (TPSA) is 115 Å². The van der Waals surface area contributed by atoms with Crippen LogP contribution in [0.4, 0.5) is 11.4 Å². The van der Waals surface area contributed by atoms with Gasteiger partial charge in [-0.3, -0.25) is 14.4 Å². The van der Waals surface area contributed by atoms with E-state index in [1.807, 2.05) is 19.1 Å². The van der Waals surface area contributed by atoms with Gasteiger partial charge in [-0.15, -0.1) is 11.8 Å². The number of carbonyl (C=O) groups is 3. The molecule has 0 heterocycles. The number of amides is 3. The van der Waals surface area contributed by atoms with Crippen LogP contribution in [0.15, 0.2) is 108 Å². The highest BCUT2D eigenvalue weighted by Gasteiger charge is 2.16. The Morgan fingerprint density at radius 2 is 1.55 bits per heavy atom. The lowest BCUT2D eigenvalue weighted by molar-refractivity contribution is -0.114. The van der Waals surface area contributed by atoms with Crippen molar-refractivity contribution in [2.45, 2.75) is 11.8 Å². The van der Waals surface area contributed by atoms with Crippen LogP contribution in [0.3, 0.4) is 0 Å². The van der Waals surface area contributed by atoms with E-state index in [9.17, 15) is 14.4 Å². The number of anilines is 2. The quantitative estimate of drug-likeness (QED) is 0.121. The Kier molecular flexibility index (Phi) is 11.4. The number of carbonyl (C=O) groups excluding carboxylic acids is 3. The molecule has 9 nitrogen and oxygen atoms in total. The molecule has 0 unspecified atom stereocenters. The molecule has 3 amide bonds. The first-order valence-corrected chi connectivity index (χ1v) is 14.7. The summed E-state index contributed by atoms with van der Waals surface area (Å²) in [6.07, 6.45) is 1.60. The third kappa shape index (κ3) is 9.14. The van der Waals surface area contributed by atoms with Crippen molar-refractivity contribution >= 4 is 46.9 Å². The molecule has 0 aromatic heterocycles. The van der Waals surface area contributed by atoms with Crippen molar-refractivity contribution in [2.75, 3.05) is 37.2 Å². The zero-order valence-corrected chi connectivity index (χ0v) is 25.4. The fourth-order valence-electron chi connectivity index (χ4n) is 4.04. The molecule has 0 saturated heterocycles. The van der Waals surface area contributed by atoms with Crippen molar-refractivity contribution in [1.29, 1.82) is 0 Å². The Morgan fingerprint density at radius 3 is 2.25 bits per heavy atom. The number of nitrogens with one attached hydrogen (secondary N) is 3. The van der Waals surface area contributed by atoms with Crippen molar-refractivity contribution in [3.8, 4) is 17.2 Å². The minimum Gasteiger partial charge on any atom is -0.497 e. The van der Waals surface area contributed by atoms with Crippen LogP contribution in [0.2, 0.25) is 0 Å². The first-order chi connectivity index (χ1) is 21.4. The zero-order chi connectivity index (χ0) is 31.3. The van der Waals surface area contributed by atoms with Gasteiger partial charge in [0.2, 0.25) is 5.91 Å². The fraction of sp³-hybridized carbons (Fsp3) is 0.147. The molecule has 0 bridgehead atoms. The second-order valence-corrected chi connectivity index (χ2v) is 10.3. The highest BCUT2D eigenvalue weighted by molar-refractivity contribution is 8.00. The minimum atomic E-state index is -0.505. The molecular formula is C34H33N3O6S. The van der Waals surface area contributed by atoms with Crippen molar-refractivity contribution < 1.29 is 28.6 Å².